The van der Waals surface area contributed by atoms with Gasteiger partial charge in [-0.25, -0.2) is 8.42 Å². The zero-order valence-electron chi connectivity index (χ0n) is 17.9. The second-order valence-electron chi connectivity index (χ2n) is 7.32. The molecule has 1 aliphatic heterocycles. The van der Waals surface area contributed by atoms with Crippen molar-refractivity contribution in [2.24, 2.45) is 0 Å². The van der Waals surface area contributed by atoms with Crippen LogP contribution < -0.4 is 10.1 Å². The van der Waals surface area contributed by atoms with Crippen LogP contribution in [0.3, 0.4) is 0 Å². The van der Waals surface area contributed by atoms with Crippen LogP contribution in [0.2, 0.25) is 0 Å². The third kappa shape index (κ3) is 5.87. The van der Waals surface area contributed by atoms with Gasteiger partial charge in [0.1, 0.15) is 5.75 Å². The fourth-order valence-corrected chi connectivity index (χ4v) is 4.72. The summed E-state index contributed by atoms with van der Waals surface area (Å²) in [5.74, 6) is 0.870. The molecule has 0 radical (unpaired) electrons. The molecule has 3 aromatic carbocycles. The fraction of sp³-hybridized carbons (Fsp3) is 0.160. The summed E-state index contributed by atoms with van der Waals surface area (Å²) in [5.41, 5.74) is 1.25. The lowest BCUT2D eigenvalue weighted by atomic mass is 10.2. The summed E-state index contributed by atoms with van der Waals surface area (Å²) in [6.45, 7) is 1.49. The Bertz CT molecular complexity index is 1220. The molecule has 1 saturated heterocycles. The second kappa shape index (κ2) is 10.4. The summed E-state index contributed by atoms with van der Waals surface area (Å²) in [7, 11) is -3.55. The minimum absolute atomic E-state index is 0.220. The van der Waals surface area contributed by atoms with Crippen LogP contribution in [0.5, 0.6) is 11.5 Å². The van der Waals surface area contributed by atoms with Gasteiger partial charge in [0.25, 0.3) is 0 Å². The molecule has 1 aliphatic rings. The Morgan fingerprint density at radius 2 is 1.58 bits per heavy atom. The van der Waals surface area contributed by atoms with Gasteiger partial charge in [0, 0.05) is 19.2 Å². The molecule has 170 valence electrons. The molecule has 0 spiro atoms. The van der Waals surface area contributed by atoms with E-state index >= 15 is 0 Å². The third-order valence-electron chi connectivity index (χ3n) is 5.03. The Labute approximate surface area is 193 Å². The van der Waals surface area contributed by atoms with E-state index in [1.165, 1.54) is 10.4 Å². The highest BCUT2D eigenvalue weighted by Crippen LogP contribution is 2.29. The van der Waals surface area contributed by atoms with E-state index in [0.29, 0.717) is 49.1 Å². The van der Waals surface area contributed by atoms with Crippen molar-refractivity contribution >= 4 is 27.7 Å². The van der Waals surface area contributed by atoms with Crippen molar-refractivity contribution in [3.63, 3.8) is 0 Å². The number of sulfonamides is 1. The molecule has 8 heteroatoms. The number of amides is 1. The molecule has 0 aliphatic carbocycles. The predicted octanol–water partition coefficient (Wildman–Crippen LogP) is 4.15. The highest BCUT2D eigenvalue weighted by molar-refractivity contribution is 7.89. The number of carbonyl (C=O) groups is 1. The molecule has 0 unspecified atom stereocenters. The van der Waals surface area contributed by atoms with Gasteiger partial charge in [-0.05, 0) is 48.0 Å². The average Bonchev–Trinajstić information content (AvgIpc) is 2.85. The zero-order valence-corrected chi connectivity index (χ0v) is 18.7. The molecule has 0 atom stereocenters. The molecule has 1 heterocycles. The van der Waals surface area contributed by atoms with Gasteiger partial charge in [-0.1, -0.05) is 42.5 Å². The van der Waals surface area contributed by atoms with Crippen LogP contribution in [-0.4, -0.2) is 44.9 Å². The number of hydrogen-bond donors (Lipinski definition) is 1. The van der Waals surface area contributed by atoms with Crippen molar-refractivity contribution in [2.45, 2.75) is 4.90 Å². The Hall–Kier alpha value is -3.46. The van der Waals surface area contributed by atoms with Crippen LogP contribution in [-0.2, 0) is 19.6 Å². The molecule has 0 bridgehead atoms. The maximum absolute atomic E-state index is 12.7. The Balaban J connectivity index is 1.40. The van der Waals surface area contributed by atoms with E-state index in [1.807, 2.05) is 42.5 Å². The molecule has 33 heavy (non-hydrogen) atoms. The van der Waals surface area contributed by atoms with Gasteiger partial charge in [-0.2, -0.15) is 4.31 Å². The summed E-state index contributed by atoms with van der Waals surface area (Å²) in [5, 5.41) is 2.81. The molecule has 1 N–H and O–H groups in total. The lowest BCUT2D eigenvalue weighted by Gasteiger charge is -2.26. The monoisotopic (exact) mass is 464 g/mol. The maximum Gasteiger partial charge on any atom is 0.248 e. The van der Waals surface area contributed by atoms with Crippen molar-refractivity contribution in [3.8, 4) is 11.5 Å². The van der Waals surface area contributed by atoms with E-state index in [0.717, 1.165) is 0 Å². The molecule has 4 rings (SSSR count). The first-order chi connectivity index (χ1) is 16.0. The van der Waals surface area contributed by atoms with Gasteiger partial charge in [0.05, 0.1) is 23.8 Å². The normalized spacial score (nSPS) is 14.8. The van der Waals surface area contributed by atoms with Crippen LogP contribution in [0, 0.1) is 0 Å². The van der Waals surface area contributed by atoms with Crippen LogP contribution in [0.1, 0.15) is 5.56 Å². The highest BCUT2D eigenvalue weighted by atomic mass is 32.2. The Kier molecular flexibility index (Phi) is 7.19. The van der Waals surface area contributed by atoms with E-state index < -0.39 is 10.0 Å². The molecule has 0 aromatic heterocycles. The Morgan fingerprint density at radius 3 is 2.30 bits per heavy atom. The van der Waals surface area contributed by atoms with Gasteiger partial charge in [-0.3, -0.25) is 4.79 Å². The molecule has 0 saturated carbocycles. The summed E-state index contributed by atoms with van der Waals surface area (Å²) >= 11 is 0. The molecule has 3 aromatic rings. The number of ether oxygens (including phenoxy) is 2. The zero-order chi connectivity index (χ0) is 23.1. The molecule has 7 nitrogen and oxygen atoms in total. The molecular formula is C25H24N2O5S. The average molecular weight is 465 g/mol. The van der Waals surface area contributed by atoms with Gasteiger partial charge in [-0.15, -0.1) is 0 Å². The largest absolute Gasteiger partial charge is 0.455 e. The minimum atomic E-state index is -3.55. The number of rotatable bonds is 7. The van der Waals surface area contributed by atoms with Crippen molar-refractivity contribution in [3.05, 3.63) is 90.5 Å². The van der Waals surface area contributed by atoms with Crippen molar-refractivity contribution in [1.82, 2.24) is 4.31 Å². The number of nitrogens with zero attached hydrogens (tertiary/aromatic N) is 1. The van der Waals surface area contributed by atoms with Crippen LogP contribution in [0.4, 0.5) is 5.69 Å². The fourth-order valence-electron chi connectivity index (χ4n) is 3.31. The van der Waals surface area contributed by atoms with Crippen molar-refractivity contribution in [1.29, 1.82) is 0 Å². The lowest BCUT2D eigenvalue weighted by molar-refractivity contribution is -0.111. The van der Waals surface area contributed by atoms with E-state index in [-0.39, 0.29) is 10.8 Å². The first-order valence-corrected chi connectivity index (χ1v) is 12.0. The van der Waals surface area contributed by atoms with Gasteiger partial charge >= 0.3 is 0 Å². The third-order valence-corrected chi connectivity index (χ3v) is 6.94. The van der Waals surface area contributed by atoms with Crippen LogP contribution in [0.15, 0.2) is 89.8 Å². The summed E-state index contributed by atoms with van der Waals surface area (Å²) < 4.78 is 37.9. The summed E-state index contributed by atoms with van der Waals surface area (Å²) in [4.78, 5) is 12.7. The highest BCUT2D eigenvalue weighted by Gasteiger charge is 2.25. The minimum Gasteiger partial charge on any atom is -0.455 e. The number of anilines is 1. The number of benzene rings is 3. The SMILES string of the molecule is O=C(/C=C/c1ccc(S(=O)(=O)N2CCOCC2)cc1)Nc1ccccc1Oc1ccccc1. The van der Waals surface area contributed by atoms with Gasteiger partial charge in [0.15, 0.2) is 5.75 Å². The van der Waals surface area contributed by atoms with Crippen molar-refractivity contribution in [2.75, 3.05) is 31.6 Å². The first-order valence-electron chi connectivity index (χ1n) is 10.5. The number of hydrogen-bond acceptors (Lipinski definition) is 5. The number of para-hydroxylation sites is 3. The number of carbonyl (C=O) groups excluding carboxylic acids is 1. The lowest BCUT2D eigenvalue weighted by Crippen LogP contribution is -2.40. The standard InChI is InChI=1S/C25H24N2O5S/c28-25(26-23-8-4-5-9-24(23)32-21-6-2-1-3-7-21)15-12-20-10-13-22(14-11-20)33(29,30)27-16-18-31-19-17-27/h1-15H,16-19H2,(H,26,28)/b15-12+. The Morgan fingerprint density at radius 1 is 0.909 bits per heavy atom. The maximum atomic E-state index is 12.7. The topological polar surface area (TPSA) is 84.9 Å². The number of nitrogens with one attached hydrogen (secondary N) is 1. The molecule has 1 amide bonds. The molecule has 1 fully saturated rings. The van der Waals surface area contributed by atoms with Crippen LogP contribution in [0.25, 0.3) is 6.08 Å². The van der Waals surface area contributed by atoms with E-state index in [2.05, 4.69) is 5.32 Å². The smallest absolute Gasteiger partial charge is 0.248 e. The number of morpholine rings is 1. The van der Waals surface area contributed by atoms with Crippen molar-refractivity contribution < 1.29 is 22.7 Å². The quantitative estimate of drug-likeness (QED) is 0.531. The first kappa shape index (κ1) is 22.7. The summed E-state index contributed by atoms with van der Waals surface area (Å²) in [6, 6.07) is 22.9. The van der Waals surface area contributed by atoms with E-state index in [9.17, 15) is 13.2 Å². The van der Waals surface area contributed by atoms with E-state index in [4.69, 9.17) is 9.47 Å². The summed E-state index contributed by atoms with van der Waals surface area (Å²) in [6.07, 6.45) is 3.02. The predicted molar refractivity (Wildman–Crippen MR) is 127 cm³/mol. The van der Waals surface area contributed by atoms with Crippen LogP contribution >= 0.6 is 0 Å². The second-order valence-corrected chi connectivity index (χ2v) is 9.26. The van der Waals surface area contributed by atoms with E-state index in [1.54, 1.807) is 42.5 Å². The van der Waals surface area contributed by atoms with Gasteiger partial charge in [0.2, 0.25) is 15.9 Å². The molecular weight excluding hydrogens is 440 g/mol. The van der Waals surface area contributed by atoms with Gasteiger partial charge < -0.3 is 14.8 Å².